The summed E-state index contributed by atoms with van der Waals surface area (Å²) in [6, 6.07) is 5.13. The fraction of sp³-hybridized carbons (Fsp3) is 0.182. The third kappa shape index (κ3) is 2.84. The molecule has 0 saturated heterocycles. The molecule has 0 aliphatic heterocycles. The van der Waals surface area contributed by atoms with Gasteiger partial charge in [-0.2, -0.15) is 9.97 Å². The minimum absolute atomic E-state index is 0.197. The average molecular weight is 269 g/mol. The molecule has 0 amide bonds. The summed E-state index contributed by atoms with van der Waals surface area (Å²) >= 11 is 11.9. The molecule has 1 aromatic heterocycles. The van der Waals surface area contributed by atoms with E-state index >= 15 is 0 Å². The largest absolute Gasteiger partial charge is 0.368 e. The zero-order valence-corrected chi connectivity index (χ0v) is 10.6. The van der Waals surface area contributed by atoms with E-state index in [1.54, 1.807) is 18.2 Å². The van der Waals surface area contributed by atoms with Crippen LogP contribution in [0, 0.1) is 0 Å². The van der Waals surface area contributed by atoms with E-state index in [2.05, 4.69) is 15.0 Å². The van der Waals surface area contributed by atoms with Crippen LogP contribution < -0.4 is 5.73 Å². The van der Waals surface area contributed by atoms with Gasteiger partial charge in [-0.25, -0.2) is 4.98 Å². The summed E-state index contributed by atoms with van der Waals surface area (Å²) in [4.78, 5) is 12.4. The van der Waals surface area contributed by atoms with Gasteiger partial charge in [-0.15, -0.1) is 0 Å². The Bertz CT molecular complexity index is 537. The van der Waals surface area contributed by atoms with E-state index in [9.17, 15) is 0 Å². The van der Waals surface area contributed by atoms with Crippen molar-refractivity contribution in [3.8, 4) is 11.4 Å². The van der Waals surface area contributed by atoms with E-state index in [0.29, 0.717) is 28.1 Å². The van der Waals surface area contributed by atoms with Crippen molar-refractivity contribution in [1.82, 2.24) is 15.0 Å². The van der Waals surface area contributed by atoms with Gasteiger partial charge < -0.3 is 5.73 Å². The molecule has 2 aromatic rings. The molecule has 0 radical (unpaired) electrons. The highest BCUT2D eigenvalue weighted by atomic mass is 35.5. The fourth-order valence-electron chi connectivity index (χ4n) is 1.41. The maximum atomic E-state index is 5.93. The van der Waals surface area contributed by atoms with Crippen LogP contribution in [0.5, 0.6) is 0 Å². The van der Waals surface area contributed by atoms with Crippen LogP contribution in [-0.2, 0) is 6.42 Å². The van der Waals surface area contributed by atoms with Crippen molar-refractivity contribution in [2.75, 3.05) is 5.73 Å². The second-order valence-corrected chi connectivity index (χ2v) is 4.32. The summed E-state index contributed by atoms with van der Waals surface area (Å²) in [5.41, 5.74) is 6.35. The molecular weight excluding hydrogens is 259 g/mol. The SMILES string of the molecule is CCc1nc(N)nc(-c2cc(Cl)cc(Cl)c2)n1. The maximum absolute atomic E-state index is 5.93. The Kier molecular flexibility index (Phi) is 3.45. The van der Waals surface area contributed by atoms with Gasteiger partial charge in [0.2, 0.25) is 5.95 Å². The van der Waals surface area contributed by atoms with Crippen LogP contribution in [0.1, 0.15) is 12.7 Å². The van der Waals surface area contributed by atoms with Crippen LogP contribution in [0.25, 0.3) is 11.4 Å². The molecule has 0 bridgehead atoms. The number of nitrogens with zero attached hydrogens (tertiary/aromatic N) is 3. The van der Waals surface area contributed by atoms with E-state index in [0.717, 1.165) is 5.56 Å². The van der Waals surface area contributed by atoms with Crippen molar-refractivity contribution in [2.24, 2.45) is 0 Å². The van der Waals surface area contributed by atoms with Gasteiger partial charge in [0.1, 0.15) is 5.82 Å². The van der Waals surface area contributed by atoms with Crippen LogP contribution >= 0.6 is 23.2 Å². The summed E-state index contributed by atoms with van der Waals surface area (Å²) < 4.78 is 0. The number of hydrogen-bond acceptors (Lipinski definition) is 4. The molecule has 0 spiro atoms. The molecule has 0 unspecified atom stereocenters. The van der Waals surface area contributed by atoms with E-state index in [1.807, 2.05) is 6.92 Å². The maximum Gasteiger partial charge on any atom is 0.223 e. The average Bonchev–Trinajstić information content (AvgIpc) is 2.26. The molecule has 2 rings (SSSR count). The lowest BCUT2D eigenvalue weighted by Gasteiger charge is -2.04. The second kappa shape index (κ2) is 4.85. The molecule has 0 saturated carbocycles. The number of nitrogen functional groups attached to an aromatic ring is 1. The Labute approximate surface area is 109 Å². The van der Waals surface area contributed by atoms with Crippen LogP contribution in [0.15, 0.2) is 18.2 Å². The molecule has 0 atom stereocenters. The second-order valence-electron chi connectivity index (χ2n) is 3.45. The summed E-state index contributed by atoms with van der Waals surface area (Å²) in [6.45, 7) is 1.95. The first-order valence-electron chi connectivity index (χ1n) is 5.05. The summed E-state index contributed by atoms with van der Waals surface area (Å²) in [5.74, 6) is 1.32. The fourth-order valence-corrected chi connectivity index (χ4v) is 1.93. The first kappa shape index (κ1) is 12.1. The van der Waals surface area contributed by atoms with Crippen molar-refractivity contribution < 1.29 is 0 Å². The molecule has 17 heavy (non-hydrogen) atoms. The minimum Gasteiger partial charge on any atom is -0.368 e. The lowest BCUT2D eigenvalue weighted by atomic mass is 10.2. The van der Waals surface area contributed by atoms with Crippen LogP contribution in [0.3, 0.4) is 0 Å². The van der Waals surface area contributed by atoms with Crippen LogP contribution in [0.4, 0.5) is 5.95 Å². The van der Waals surface area contributed by atoms with Gasteiger partial charge in [0.15, 0.2) is 5.82 Å². The Morgan fingerprint density at radius 2 is 1.71 bits per heavy atom. The van der Waals surface area contributed by atoms with E-state index in [-0.39, 0.29) is 5.95 Å². The predicted molar refractivity (Wildman–Crippen MR) is 69.1 cm³/mol. The zero-order valence-electron chi connectivity index (χ0n) is 9.11. The lowest BCUT2D eigenvalue weighted by molar-refractivity contribution is 0.913. The van der Waals surface area contributed by atoms with Gasteiger partial charge in [0, 0.05) is 22.0 Å². The zero-order chi connectivity index (χ0) is 12.4. The van der Waals surface area contributed by atoms with E-state index < -0.39 is 0 Å². The quantitative estimate of drug-likeness (QED) is 0.910. The Balaban J connectivity index is 2.55. The van der Waals surface area contributed by atoms with Gasteiger partial charge >= 0.3 is 0 Å². The normalized spacial score (nSPS) is 10.5. The van der Waals surface area contributed by atoms with Gasteiger partial charge in [-0.3, -0.25) is 0 Å². The summed E-state index contributed by atoms with van der Waals surface area (Å²) in [5, 5.41) is 1.06. The molecular formula is C11H10Cl2N4. The predicted octanol–water partition coefficient (Wildman–Crippen LogP) is 2.99. The molecule has 0 aliphatic carbocycles. The third-order valence-electron chi connectivity index (χ3n) is 2.14. The standard InChI is InChI=1S/C11H10Cl2N4/c1-2-9-15-10(17-11(14)16-9)6-3-7(12)5-8(13)4-6/h3-5H,2H2,1H3,(H2,14,15,16,17). The van der Waals surface area contributed by atoms with Crippen LogP contribution in [0.2, 0.25) is 10.0 Å². The molecule has 1 heterocycles. The monoisotopic (exact) mass is 268 g/mol. The van der Waals surface area contributed by atoms with Gasteiger partial charge in [-0.05, 0) is 18.2 Å². The number of aryl methyl sites for hydroxylation is 1. The molecule has 88 valence electrons. The smallest absolute Gasteiger partial charge is 0.223 e. The highest BCUT2D eigenvalue weighted by molar-refractivity contribution is 6.35. The molecule has 6 heteroatoms. The van der Waals surface area contributed by atoms with Crippen molar-refractivity contribution in [2.45, 2.75) is 13.3 Å². The lowest BCUT2D eigenvalue weighted by Crippen LogP contribution is -2.04. The highest BCUT2D eigenvalue weighted by Crippen LogP contribution is 2.25. The Morgan fingerprint density at radius 3 is 2.29 bits per heavy atom. The number of halogens is 2. The van der Waals surface area contributed by atoms with E-state index in [4.69, 9.17) is 28.9 Å². The Hall–Kier alpha value is -1.39. The summed E-state index contributed by atoms with van der Waals surface area (Å²) in [6.07, 6.45) is 0.689. The van der Waals surface area contributed by atoms with Crippen LogP contribution in [-0.4, -0.2) is 15.0 Å². The minimum atomic E-state index is 0.197. The first-order chi connectivity index (χ1) is 8.08. The number of aromatic nitrogens is 3. The molecule has 0 fully saturated rings. The van der Waals surface area contributed by atoms with Gasteiger partial charge in [0.05, 0.1) is 0 Å². The van der Waals surface area contributed by atoms with Crippen molar-refractivity contribution >= 4 is 29.2 Å². The summed E-state index contributed by atoms with van der Waals surface area (Å²) in [7, 11) is 0. The molecule has 1 aromatic carbocycles. The number of nitrogens with two attached hydrogens (primary N) is 1. The Morgan fingerprint density at radius 1 is 1.06 bits per heavy atom. The topological polar surface area (TPSA) is 64.7 Å². The van der Waals surface area contributed by atoms with Gasteiger partial charge in [0.25, 0.3) is 0 Å². The third-order valence-corrected chi connectivity index (χ3v) is 2.57. The highest BCUT2D eigenvalue weighted by Gasteiger charge is 2.07. The van der Waals surface area contributed by atoms with Crippen molar-refractivity contribution in [3.05, 3.63) is 34.1 Å². The molecule has 2 N–H and O–H groups in total. The number of rotatable bonds is 2. The molecule has 4 nitrogen and oxygen atoms in total. The van der Waals surface area contributed by atoms with E-state index in [1.165, 1.54) is 0 Å². The number of anilines is 1. The molecule has 0 aliphatic rings. The number of benzene rings is 1. The van der Waals surface area contributed by atoms with Crippen molar-refractivity contribution in [1.29, 1.82) is 0 Å². The number of hydrogen-bond donors (Lipinski definition) is 1. The van der Waals surface area contributed by atoms with Gasteiger partial charge in [-0.1, -0.05) is 30.1 Å². The first-order valence-corrected chi connectivity index (χ1v) is 5.81. The van der Waals surface area contributed by atoms with Crippen molar-refractivity contribution in [3.63, 3.8) is 0 Å².